The quantitative estimate of drug-likeness (QED) is 0.253. The molecule has 0 saturated heterocycles. The van der Waals surface area contributed by atoms with Crippen LogP contribution in [0.4, 0.5) is 30.2 Å². The third-order valence-corrected chi connectivity index (χ3v) is 5.82. The van der Waals surface area contributed by atoms with Gasteiger partial charge in [0.15, 0.2) is 0 Å². The minimum Gasteiger partial charge on any atom is -0.280 e. The van der Waals surface area contributed by atoms with Crippen LogP contribution < -0.4 is 10.1 Å². The second-order valence-electron chi connectivity index (χ2n) is 6.51. The molecule has 3 aromatic carbocycles. The molecule has 3 aromatic rings. The highest BCUT2D eigenvalue weighted by Crippen LogP contribution is 2.32. The average molecular weight is 499 g/mol. The predicted octanol–water partition coefficient (Wildman–Crippen LogP) is 5.51. The van der Waals surface area contributed by atoms with Crippen molar-refractivity contribution in [2.75, 3.05) is 10.1 Å². The van der Waals surface area contributed by atoms with Gasteiger partial charge in [-0.3, -0.25) is 20.3 Å². The summed E-state index contributed by atoms with van der Waals surface area (Å²) in [4.78, 5) is 10.2. The number of halogens is 4. The molecule has 3 rings (SSSR count). The molecule has 0 aliphatic carbocycles. The number of sulfonamides is 1. The van der Waals surface area contributed by atoms with E-state index in [0.29, 0.717) is 0 Å². The van der Waals surface area contributed by atoms with Gasteiger partial charge in [0.2, 0.25) is 0 Å². The van der Waals surface area contributed by atoms with Gasteiger partial charge in [-0.25, -0.2) is 8.42 Å². The molecule has 0 spiro atoms. The Hall–Kier alpha value is -3.64. The summed E-state index contributed by atoms with van der Waals surface area (Å²) in [6, 6.07) is 13.5. The number of hydrogen-bond donors (Lipinski definition) is 2. The molecule has 0 heterocycles. The van der Waals surface area contributed by atoms with Gasteiger partial charge in [-0.1, -0.05) is 35.9 Å². The van der Waals surface area contributed by atoms with Gasteiger partial charge in [0.25, 0.3) is 15.7 Å². The van der Waals surface area contributed by atoms with E-state index in [2.05, 4.69) is 15.2 Å². The van der Waals surface area contributed by atoms with Gasteiger partial charge in [0.05, 0.1) is 27.3 Å². The number of nitro groups is 1. The van der Waals surface area contributed by atoms with Gasteiger partial charge in [-0.15, -0.1) is 0 Å². The van der Waals surface area contributed by atoms with Crippen LogP contribution in [0.1, 0.15) is 11.1 Å². The maximum atomic E-state index is 13.1. The summed E-state index contributed by atoms with van der Waals surface area (Å²) in [5.74, 6) is 0. The molecule has 0 radical (unpaired) electrons. The van der Waals surface area contributed by atoms with Crippen LogP contribution in [0.15, 0.2) is 76.7 Å². The fourth-order valence-corrected chi connectivity index (χ4v) is 3.99. The van der Waals surface area contributed by atoms with Gasteiger partial charge in [0.1, 0.15) is 5.69 Å². The SMILES string of the molecule is O=[N+]([O-])c1cc(S(=O)(=O)Nc2cccc(Cl)c2)ccc1N/N=C/c1ccccc1C(F)(F)F. The van der Waals surface area contributed by atoms with Crippen LogP contribution in [0, 0.1) is 10.1 Å². The summed E-state index contributed by atoms with van der Waals surface area (Å²) in [6.07, 6.45) is -3.75. The van der Waals surface area contributed by atoms with Gasteiger partial charge < -0.3 is 0 Å². The van der Waals surface area contributed by atoms with E-state index < -0.39 is 37.3 Å². The van der Waals surface area contributed by atoms with Crippen molar-refractivity contribution < 1.29 is 26.5 Å². The molecule has 0 aliphatic heterocycles. The smallest absolute Gasteiger partial charge is 0.280 e. The lowest BCUT2D eigenvalue weighted by Crippen LogP contribution is -2.13. The monoisotopic (exact) mass is 498 g/mol. The molecule has 0 fully saturated rings. The van der Waals surface area contributed by atoms with E-state index in [4.69, 9.17) is 11.6 Å². The highest BCUT2D eigenvalue weighted by molar-refractivity contribution is 7.92. The fourth-order valence-electron chi connectivity index (χ4n) is 2.73. The Kier molecular flexibility index (Phi) is 6.89. The van der Waals surface area contributed by atoms with Crippen molar-refractivity contribution in [3.05, 3.63) is 93.0 Å². The van der Waals surface area contributed by atoms with Crippen LogP contribution in [0.25, 0.3) is 0 Å². The summed E-state index contributed by atoms with van der Waals surface area (Å²) in [5.41, 5.74) is 0.379. The lowest BCUT2D eigenvalue weighted by Gasteiger charge is -2.10. The molecule has 2 N–H and O–H groups in total. The number of anilines is 2. The molecular formula is C20H14ClF3N4O4S. The number of benzene rings is 3. The highest BCUT2D eigenvalue weighted by Gasteiger charge is 2.32. The number of nitrogens with zero attached hydrogens (tertiary/aromatic N) is 2. The maximum Gasteiger partial charge on any atom is 0.417 e. The summed E-state index contributed by atoms with van der Waals surface area (Å²) >= 11 is 5.83. The molecule has 0 amide bonds. The largest absolute Gasteiger partial charge is 0.417 e. The summed E-state index contributed by atoms with van der Waals surface area (Å²) < 4.78 is 66.6. The average Bonchev–Trinajstić information content (AvgIpc) is 2.73. The van der Waals surface area contributed by atoms with Crippen LogP contribution in [-0.2, 0) is 16.2 Å². The van der Waals surface area contributed by atoms with Crippen molar-refractivity contribution in [2.45, 2.75) is 11.1 Å². The Morgan fingerprint density at radius 2 is 1.76 bits per heavy atom. The van der Waals surface area contributed by atoms with Crippen molar-refractivity contribution in [2.24, 2.45) is 5.10 Å². The molecule has 172 valence electrons. The standard InChI is InChI=1S/C20H14ClF3N4O4S/c21-14-5-3-6-15(10-14)27-33(31,32)16-8-9-18(19(11-16)28(29)30)26-25-12-13-4-1-2-7-17(13)20(22,23)24/h1-12,26-27H/b25-12+. The van der Waals surface area contributed by atoms with Gasteiger partial charge in [-0.05, 0) is 36.4 Å². The molecule has 0 saturated carbocycles. The van der Waals surface area contributed by atoms with Crippen molar-refractivity contribution in [1.29, 1.82) is 0 Å². The van der Waals surface area contributed by atoms with Crippen LogP contribution in [0.2, 0.25) is 5.02 Å². The Labute approximate surface area is 190 Å². The molecule has 8 nitrogen and oxygen atoms in total. The first kappa shape index (κ1) is 24.0. The van der Waals surface area contributed by atoms with E-state index in [9.17, 15) is 31.7 Å². The molecule has 0 aromatic heterocycles. The lowest BCUT2D eigenvalue weighted by atomic mass is 10.1. The van der Waals surface area contributed by atoms with Gasteiger partial charge in [-0.2, -0.15) is 18.3 Å². The van der Waals surface area contributed by atoms with Gasteiger partial charge >= 0.3 is 6.18 Å². The Balaban J connectivity index is 1.87. The van der Waals surface area contributed by atoms with E-state index in [1.54, 1.807) is 0 Å². The van der Waals surface area contributed by atoms with Crippen molar-refractivity contribution in [3.63, 3.8) is 0 Å². The number of hydrazone groups is 1. The van der Waals surface area contributed by atoms with E-state index in [1.165, 1.54) is 42.5 Å². The zero-order valence-electron chi connectivity index (χ0n) is 16.4. The summed E-state index contributed by atoms with van der Waals surface area (Å²) in [7, 11) is -4.19. The zero-order valence-corrected chi connectivity index (χ0v) is 17.9. The van der Waals surface area contributed by atoms with Crippen LogP contribution in [-0.4, -0.2) is 19.6 Å². The van der Waals surface area contributed by atoms with E-state index >= 15 is 0 Å². The third kappa shape index (κ3) is 5.99. The molecule has 0 unspecified atom stereocenters. The van der Waals surface area contributed by atoms with E-state index in [-0.39, 0.29) is 22.0 Å². The molecule has 13 heteroatoms. The van der Waals surface area contributed by atoms with Crippen molar-refractivity contribution in [1.82, 2.24) is 0 Å². The third-order valence-electron chi connectivity index (χ3n) is 4.21. The topological polar surface area (TPSA) is 114 Å². The molecular weight excluding hydrogens is 485 g/mol. The van der Waals surface area contributed by atoms with Crippen LogP contribution in [0.3, 0.4) is 0 Å². The number of rotatable bonds is 7. The van der Waals surface area contributed by atoms with Crippen LogP contribution in [0.5, 0.6) is 0 Å². The number of nitro benzene ring substituents is 1. The second kappa shape index (κ2) is 9.46. The predicted molar refractivity (Wildman–Crippen MR) is 118 cm³/mol. The van der Waals surface area contributed by atoms with Crippen molar-refractivity contribution in [3.8, 4) is 0 Å². The second-order valence-corrected chi connectivity index (χ2v) is 8.63. The molecule has 33 heavy (non-hydrogen) atoms. The van der Waals surface area contributed by atoms with Crippen molar-refractivity contribution >= 4 is 44.9 Å². The maximum absolute atomic E-state index is 13.1. The minimum absolute atomic E-state index is 0.153. The molecule has 0 aliphatic rings. The number of alkyl halides is 3. The Morgan fingerprint density at radius 1 is 1.03 bits per heavy atom. The first-order valence-electron chi connectivity index (χ1n) is 8.99. The first-order valence-corrected chi connectivity index (χ1v) is 10.9. The Bertz CT molecular complexity index is 1330. The number of nitrogens with one attached hydrogen (secondary N) is 2. The lowest BCUT2D eigenvalue weighted by molar-refractivity contribution is -0.384. The highest BCUT2D eigenvalue weighted by atomic mass is 35.5. The van der Waals surface area contributed by atoms with Gasteiger partial charge in [0, 0.05) is 16.7 Å². The fraction of sp³-hybridized carbons (Fsp3) is 0.0500. The minimum atomic E-state index is -4.61. The van der Waals surface area contributed by atoms with E-state index in [0.717, 1.165) is 30.5 Å². The summed E-state index contributed by atoms with van der Waals surface area (Å²) in [5, 5.41) is 15.4. The first-order chi connectivity index (χ1) is 15.5. The van der Waals surface area contributed by atoms with E-state index in [1.807, 2.05) is 0 Å². The molecule has 0 atom stereocenters. The van der Waals surface area contributed by atoms with Crippen LogP contribution >= 0.6 is 11.6 Å². The Morgan fingerprint density at radius 3 is 2.42 bits per heavy atom. The molecule has 0 bridgehead atoms. The normalized spacial score (nSPS) is 12.0. The number of hydrogen-bond acceptors (Lipinski definition) is 6. The summed E-state index contributed by atoms with van der Waals surface area (Å²) in [6.45, 7) is 0. The zero-order chi connectivity index (χ0) is 24.2.